The third-order valence-corrected chi connectivity index (χ3v) is 6.71. The first-order chi connectivity index (χ1) is 16.7. The van der Waals surface area contributed by atoms with Gasteiger partial charge in [-0.05, 0) is 79.4 Å². The van der Waals surface area contributed by atoms with Gasteiger partial charge in [0, 0.05) is 64.3 Å². The molecule has 3 aromatic carbocycles. The standard InChI is InChI=1S/C30H39N3O2/c1-9-33(10-2)25-16-17-26(21(3)19-25)29(22-11-13-23(14-12-22)31(4)5)27-18-15-24(32(6)7)20-28(27)30(34)35-8/h11-20,29H,9-10H2,1-8H3. The lowest BCUT2D eigenvalue weighted by molar-refractivity contribution is 0.0599. The van der Waals surface area contributed by atoms with Gasteiger partial charge in [-0.3, -0.25) is 0 Å². The summed E-state index contributed by atoms with van der Waals surface area (Å²) in [7, 11) is 9.47. The van der Waals surface area contributed by atoms with Crippen molar-refractivity contribution in [1.29, 1.82) is 0 Å². The van der Waals surface area contributed by atoms with Crippen molar-refractivity contribution in [2.75, 3.05) is 63.1 Å². The Balaban J connectivity index is 2.25. The number of carbonyl (C=O) groups excluding carboxylic acids is 1. The van der Waals surface area contributed by atoms with E-state index in [1.165, 1.54) is 23.9 Å². The molecule has 0 heterocycles. The molecule has 3 rings (SSSR count). The molecule has 0 aliphatic heterocycles. The van der Waals surface area contributed by atoms with E-state index in [9.17, 15) is 4.79 Å². The highest BCUT2D eigenvalue weighted by Crippen LogP contribution is 2.38. The second kappa shape index (κ2) is 11.3. The van der Waals surface area contributed by atoms with Gasteiger partial charge in [0.1, 0.15) is 0 Å². The molecule has 1 atom stereocenters. The van der Waals surface area contributed by atoms with Crippen LogP contribution >= 0.6 is 0 Å². The molecule has 0 amide bonds. The molecule has 0 aliphatic rings. The molecule has 0 saturated carbocycles. The Morgan fingerprint density at radius 2 is 1.31 bits per heavy atom. The molecule has 5 nitrogen and oxygen atoms in total. The monoisotopic (exact) mass is 473 g/mol. The van der Waals surface area contributed by atoms with Gasteiger partial charge in [-0.15, -0.1) is 0 Å². The molecule has 0 bridgehead atoms. The number of esters is 1. The van der Waals surface area contributed by atoms with Crippen LogP contribution in [-0.2, 0) is 4.74 Å². The first kappa shape index (κ1) is 26.1. The maximum Gasteiger partial charge on any atom is 0.338 e. The summed E-state index contributed by atoms with van der Waals surface area (Å²) >= 11 is 0. The molecule has 5 heteroatoms. The van der Waals surface area contributed by atoms with Crippen LogP contribution in [0.15, 0.2) is 60.7 Å². The number of rotatable bonds is 9. The lowest BCUT2D eigenvalue weighted by Crippen LogP contribution is -2.22. The number of aryl methyl sites for hydroxylation is 1. The van der Waals surface area contributed by atoms with Crippen LogP contribution in [0.3, 0.4) is 0 Å². The predicted molar refractivity (Wildman–Crippen MR) is 149 cm³/mol. The largest absolute Gasteiger partial charge is 0.465 e. The minimum absolute atomic E-state index is 0.109. The fraction of sp³-hybridized carbons (Fsp3) is 0.367. The summed E-state index contributed by atoms with van der Waals surface area (Å²) in [6, 6.07) is 21.3. The van der Waals surface area contributed by atoms with E-state index in [-0.39, 0.29) is 11.9 Å². The van der Waals surface area contributed by atoms with Crippen molar-refractivity contribution in [3.63, 3.8) is 0 Å². The molecule has 1 unspecified atom stereocenters. The van der Waals surface area contributed by atoms with Crippen LogP contribution < -0.4 is 14.7 Å². The summed E-state index contributed by atoms with van der Waals surface area (Å²) < 4.78 is 5.22. The van der Waals surface area contributed by atoms with E-state index in [0.717, 1.165) is 35.6 Å². The normalized spacial score (nSPS) is 11.7. The molecule has 35 heavy (non-hydrogen) atoms. The maximum atomic E-state index is 13.0. The van der Waals surface area contributed by atoms with Crippen LogP contribution in [0.1, 0.15) is 52.4 Å². The van der Waals surface area contributed by atoms with Gasteiger partial charge in [0.25, 0.3) is 0 Å². The van der Waals surface area contributed by atoms with Gasteiger partial charge in [0.15, 0.2) is 0 Å². The molecule has 0 aromatic heterocycles. The van der Waals surface area contributed by atoms with Crippen molar-refractivity contribution < 1.29 is 9.53 Å². The minimum atomic E-state index is -0.323. The molecular formula is C30H39N3O2. The fourth-order valence-corrected chi connectivity index (χ4v) is 4.62. The Morgan fingerprint density at radius 3 is 1.83 bits per heavy atom. The predicted octanol–water partition coefficient (Wildman–Crippen LogP) is 5.94. The average molecular weight is 474 g/mol. The molecule has 0 saturated heterocycles. The van der Waals surface area contributed by atoms with Crippen molar-refractivity contribution in [2.24, 2.45) is 0 Å². The molecule has 0 spiro atoms. The molecule has 0 fully saturated rings. The second-order valence-corrected chi connectivity index (χ2v) is 9.29. The number of hydrogen-bond acceptors (Lipinski definition) is 5. The zero-order chi connectivity index (χ0) is 25.7. The van der Waals surface area contributed by atoms with E-state index in [1.807, 2.05) is 39.2 Å². The van der Waals surface area contributed by atoms with Gasteiger partial charge in [0.05, 0.1) is 12.7 Å². The van der Waals surface area contributed by atoms with Gasteiger partial charge in [-0.25, -0.2) is 4.79 Å². The van der Waals surface area contributed by atoms with Crippen molar-refractivity contribution in [2.45, 2.75) is 26.7 Å². The van der Waals surface area contributed by atoms with E-state index >= 15 is 0 Å². The van der Waals surface area contributed by atoms with Crippen molar-refractivity contribution in [3.8, 4) is 0 Å². The summed E-state index contributed by atoms with van der Waals surface area (Å²) in [4.78, 5) is 19.4. The topological polar surface area (TPSA) is 36.0 Å². The lowest BCUT2D eigenvalue weighted by atomic mass is 9.80. The highest BCUT2D eigenvalue weighted by atomic mass is 16.5. The molecule has 186 valence electrons. The number of carbonyl (C=O) groups is 1. The average Bonchev–Trinajstić information content (AvgIpc) is 2.86. The van der Waals surface area contributed by atoms with Crippen molar-refractivity contribution in [1.82, 2.24) is 0 Å². The van der Waals surface area contributed by atoms with Crippen molar-refractivity contribution >= 4 is 23.0 Å². The number of nitrogens with zero attached hydrogens (tertiary/aromatic N) is 3. The SMILES string of the molecule is CCN(CC)c1ccc(C(c2ccc(N(C)C)cc2)c2ccc(N(C)C)cc2C(=O)OC)c(C)c1. The van der Waals surface area contributed by atoms with Crippen molar-refractivity contribution in [3.05, 3.63) is 88.5 Å². The zero-order valence-electron chi connectivity index (χ0n) is 22.4. The molecular weight excluding hydrogens is 434 g/mol. The summed E-state index contributed by atoms with van der Waals surface area (Å²) in [5.41, 5.74) is 8.36. The number of hydrogen-bond donors (Lipinski definition) is 0. The van der Waals surface area contributed by atoms with E-state index in [0.29, 0.717) is 5.56 Å². The van der Waals surface area contributed by atoms with E-state index in [1.54, 1.807) is 0 Å². The summed E-state index contributed by atoms with van der Waals surface area (Å²) in [6.07, 6.45) is 0. The molecule has 3 aromatic rings. The zero-order valence-corrected chi connectivity index (χ0v) is 22.4. The Kier molecular flexibility index (Phi) is 8.44. The molecule has 0 radical (unpaired) electrons. The maximum absolute atomic E-state index is 13.0. The molecule has 0 aliphatic carbocycles. The number of ether oxygens (including phenoxy) is 1. The first-order valence-electron chi connectivity index (χ1n) is 12.2. The summed E-state index contributed by atoms with van der Waals surface area (Å²) in [5, 5.41) is 0. The van der Waals surface area contributed by atoms with Gasteiger partial charge >= 0.3 is 5.97 Å². The number of benzene rings is 3. The number of methoxy groups -OCH3 is 1. The van der Waals surface area contributed by atoms with Crippen LogP contribution in [0.5, 0.6) is 0 Å². The lowest BCUT2D eigenvalue weighted by Gasteiger charge is -2.27. The Hall–Kier alpha value is -3.47. The third kappa shape index (κ3) is 5.61. The number of anilines is 3. The van der Waals surface area contributed by atoms with Gasteiger partial charge in [0.2, 0.25) is 0 Å². The van der Waals surface area contributed by atoms with Gasteiger partial charge in [-0.1, -0.05) is 24.3 Å². The Morgan fingerprint density at radius 1 is 0.771 bits per heavy atom. The van der Waals surface area contributed by atoms with Crippen LogP contribution in [0.25, 0.3) is 0 Å². The summed E-state index contributed by atoms with van der Waals surface area (Å²) in [5.74, 6) is -0.432. The van der Waals surface area contributed by atoms with E-state index in [2.05, 4.69) is 85.2 Å². The van der Waals surface area contributed by atoms with E-state index < -0.39 is 0 Å². The van der Waals surface area contributed by atoms with Crippen LogP contribution in [0.4, 0.5) is 17.1 Å². The van der Waals surface area contributed by atoms with Gasteiger partial charge in [-0.2, -0.15) is 0 Å². The Bertz CT molecular complexity index is 1150. The summed E-state index contributed by atoms with van der Waals surface area (Å²) in [6.45, 7) is 8.44. The first-order valence-corrected chi connectivity index (χ1v) is 12.2. The second-order valence-electron chi connectivity index (χ2n) is 9.29. The third-order valence-electron chi connectivity index (χ3n) is 6.71. The fourth-order valence-electron chi connectivity index (χ4n) is 4.62. The minimum Gasteiger partial charge on any atom is -0.465 e. The van der Waals surface area contributed by atoms with Crippen LogP contribution in [0.2, 0.25) is 0 Å². The van der Waals surface area contributed by atoms with Gasteiger partial charge < -0.3 is 19.4 Å². The Labute approximate surface area is 210 Å². The smallest absolute Gasteiger partial charge is 0.338 e. The molecule has 0 N–H and O–H groups in total. The van der Waals surface area contributed by atoms with Crippen LogP contribution in [-0.4, -0.2) is 54.4 Å². The highest BCUT2D eigenvalue weighted by Gasteiger charge is 2.25. The van der Waals surface area contributed by atoms with E-state index in [4.69, 9.17) is 4.74 Å². The highest BCUT2D eigenvalue weighted by molar-refractivity contribution is 5.93. The van der Waals surface area contributed by atoms with Crippen LogP contribution in [0, 0.1) is 6.92 Å². The quantitative estimate of drug-likeness (QED) is 0.284.